The Morgan fingerprint density at radius 1 is 1.19 bits per heavy atom. The third-order valence-electron chi connectivity index (χ3n) is 5.26. The second-order valence-corrected chi connectivity index (χ2v) is 8.01. The predicted octanol–water partition coefficient (Wildman–Crippen LogP) is 3.65. The number of hydrogen-bond acceptors (Lipinski definition) is 4. The molecule has 1 aromatic carbocycles. The van der Waals surface area contributed by atoms with E-state index in [2.05, 4.69) is 31.2 Å². The standard InChI is InChI=1S/C22H36N2O3/c1-17-6-10-19(11-7-17)23-22(25)13-9-18-8-12-20(21(16-18)26-4)27-15-5-14-24(2)3/h8,12,16-17,19H,5-7,9-11,13-15H2,1-4H3,(H,23,25)/t17-,19-. The lowest BCUT2D eigenvalue weighted by molar-refractivity contribution is -0.122. The number of methoxy groups -OCH3 is 1. The molecule has 0 unspecified atom stereocenters. The van der Waals surface area contributed by atoms with Crippen LogP contribution in [0.3, 0.4) is 0 Å². The Bertz CT molecular complexity index is 581. The fraction of sp³-hybridized carbons (Fsp3) is 0.682. The van der Waals surface area contributed by atoms with Crippen molar-refractivity contribution in [3.05, 3.63) is 23.8 Å². The highest BCUT2D eigenvalue weighted by Gasteiger charge is 2.19. The Kier molecular flexibility index (Phi) is 8.92. The fourth-order valence-corrected chi connectivity index (χ4v) is 3.51. The first kappa shape index (κ1) is 21.5. The van der Waals surface area contributed by atoms with Crippen molar-refractivity contribution in [1.29, 1.82) is 0 Å². The van der Waals surface area contributed by atoms with E-state index in [4.69, 9.17) is 9.47 Å². The number of carbonyl (C=O) groups excluding carboxylic acids is 1. The van der Waals surface area contributed by atoms with E-state index in [0.717, 1.165) is 48.8 Å². The van der Waals surface area contributed by atoms with Crippen LogP contribution in [-0.4, -0.2) is 51.2 Å². The molecule has 0 aliphatic heterocycles. The first-order valence-corrected chi connectivity index (χ1v) is 10.2. The summed E-state index contributed by atoms with van der Waals surface area (Å²) >= 11 is 0. The number of rotatable bonds is 10. The summed E-state index contributed by atoms with van der Waals surface area (Å²) in [5.41, 5.74) is 1.10. The molecular formula is C22H36N2O3. The number of benzene rings is 1. The summed E-state index contributed by atoms with van der Waals surface area (Å²) in [6.45, 7) is 3.95. The molecular weight excluding hydrogens is 340 g/mol. The van der Waals surface area contributed by atoms with Gasteiger partial charge in [-0.25, -0.2) is 0 Å². The van der Waals surface area contributed by atoms with Gasteiger partial charge in [0.05, 0.1) is 13.7 Å². The van der Waals surface area contributed by atoms with E-state index in [-0.39, 0.29) is 5.91 Å². The summed E-state index contributed by atoms with van der Waals surface area (Å²) < 4.78 is 11.3. The Morgan fingerprint density at radius 2 is 1.93 bits per heavy atom. The van der Waals surface area contributed by atoms with Crippen LogP contribution in [0, 0.1) is 5.92 Å². The van der Waals surface area contributed by atoms with Crippen molar-refractivity contribution in [3.63, 3.8) is 0 Å². The Morgan fingerprint density at radius 3 is 2.59 bits per heavy atom. The summed E-state index contributed by atoms with van der Waals surface area (Å²) in [5.74, 6) is 2.45. The number of hydrogen-bond donors (Lipinski definition) is 1. The van der Waals surface area contributed by atoms with Crippen LogP contribution in [0.5, 0.6) is 11.5 Å². The monoisotopic (exact) mass is 376 g/mol. The minimum atomic E-state index is 0.150. The molecule has 0 aromatic heterocycles. The van der Waals surface area contributed by atoms with Gasteiger partial charge in [-0.15, -0.1) is 0 Å². The lowest BCUT2D eigenvalue weighted by atomic mass is 9.87. The summed E-state index contributed by atoms with van der Waals surface area (Å²) in [4.78, 5) is 14.4. The third kappa shape index (κ3) is 7.79. The molecule has 0 atom stereocenters. The van der Waals surface area contributed by atoms with Gasteiger partial charge in [-0.1, -0.05) is 13.0 Å². The SMILES string of the molecule is COc1cc(CCC(=O)N[C@H]2CC[C@H](C)CC2)ccc1OCCCN(C)C. The quantitative estimate of drug-likeness (QED) is 0.633. The van der Waals surface area contributed by atoms with Crippen molar-refractivity contribution in [1.82, 2.24) is 10.2 Å². The van der Waals surface area contributed by atoms with Crippen LogP contribution in [0.2, 0.25) is 0 Å². The van der Waals surface area contributed by atoms with Crippen LogP contribution < -0.4 is 14.8 Å². The maximum absolute atomic E-state index is 12.2. The van der Waals surface area contributed by atoms with E-state index >= 15 is 0 Å². The van der Waals surface area contributed by atoms with Crippen molar-refractivity contribution >= 4 is 5.91 Å². The van der Waals surface area contributed by atoms with Crippen LogP contribution in [-0.2, 0) is 11.2 Å². The zero-order valence-corrected chi connectivity index (χ0v) is 17.4. The van der Waals surface area contributed by atoms with Crippen LogP contribution in [0.4, 0.5) is 0 Å². The van der Waals surface area contributed by atoms with Gasteiger partial charge in [-0.3, -0.25) is 4.79 Å². The van der Waals surface area contributed by atoms with Crippen LogP contribution in [0.1, 0.15) is 51.0 Å². The number of nitrogens with zero attached hydrogens (tertiary/aromatic N) is 1. The van der Waals surface area contributed by atoms with Gasteiger partial charge in [0.25, 0.3) is 0 Å². The topological polar surface area (TPSA) is 50.8 Å². The molecule has 2 rings (SSSR count). The summed E-state index contributed by atoms with van der Waals surface area (Å²) in [5, 5.41) is 3.19. The lowest BCUT2D eigenvalue weighted by Crippen LogP contribution is -2.37. The Balaban J connectivity index is 1.78. The minimum absolute atomic E-state index is 0.150. The smallest absolute Gasteiger partial charge is 0.220 e. The van der Waals surface area contributed by atoms with Crippen molar-refractivity contribution in [2.45, 2.75) is 57.9 Å². The van der Waals surface area contributed by atoms with Gasteiger partial charge in [0, 0.05) is 19.0 Å². The van der Waals surface area contributed by atoms with E-state index < -0.39 is 0 Å². The molecule has 152 valence electrons. The maximum atomic E-state index is 12.2. The fourth-order valence-electron chi connectivity index (χ4n) is 3.51. The highest BCUT2D eigenvalue weighted by molar-refractivity contribution is 5.76. The van der Waals surface area contributed by atoms with Gasteiger partial charge < -0.3 is 19.7 Å². The summed E-state index contributed by atoms with van der Waals surface area (Å²) in [6.07, 6.45) is 6.86. The van der Waals surface area contributed by atoms with Gasteiger partial charge in [0.1, 0.15) is 0 Å². The number of nitrogens with one attached hydrogen (secondary N) is 1. The van der Waals surface area contributed by atoms with Gasteiger partial charge in [-0.05, 0) is 76.2 Å². The zero-order chi connectivity index (χ0) is 19.6. The molecule has 1 aliphatic rings. The molecule has 1 aliphatic carbocycles. The summed E-state index contributed by atoms with van der Waals surface area (Å²) in [6, 6.07) is 6.32. The Labute approximate surface area is 164 Å². The lowest BCUT2D eigenvalue weighted by Gasteiger charge is -2.26. The zero-order valence-electron chi connectivity index (χ0n) is 17.4. The molecule has 1 N–H and O–H groups in total. The molecule has 0 saturated heterocycles. The largest absolute Gasteiger partial charge is 0.493 e. The van der Waals surface area contributed by atoms with Crippen LogP contribution in [0.15, 0.2) is 18.2 Å². The molecule has 0 bridgehead atoms. The minimum Gasteiger partial charge on any atom is -0.493 e. The van der Waals surface area contributed by atoms with Gasteiger partial charge in [0.2, 0.25) is 5.91 Å². The summed E-state index contributed by atoms with van der Waals surface area (Å²) in [7, 11) is 5.77. The third-order valence-corrected chi connectivity index (χ3v) is 5.26. The van der Waals surface area contributed by atoms with Gasteiger partial charge >= 0.3 is 0 Å². The van der Waals surface area contributed by atoms with Crippen LogP contribution >= 0.6 is 0 Å². The molecule has 0 spiro atoms. The molecule has 5 nitrogen and oxygen atoms in total. The molecule has 27 heavy (non-hydrogen) atoms. The number of carbonyl (C=O) groups is 1. The van der Waals surface area contributed by atoms with E-state index in [1.807, 2.05) is 18.2 Å². The van der Waals surface area contributed by atoms with E-state index in [0.29, 0.717) is 25.5 Å². The maximum Gasteiger partial charge on any atom is 0.220 e. The number of aryl methyl sites for hydroxylation is 1. The van der Waals surface area contributed by atoms with E-state index in [1.165, 1.54) is 12.8 Å². The number of amides is 1. The molecule has 1 saturated carbocycles. The highest BCUT2D eigenvalue weighted by atomic mass is 16.5. The van der Waals surface area contributed by atoms with E-state index in [1.54, 1.807) is 7.11 Å². The Hall–Kier alpha value is -1.75. The molecule has 5 heteroatoms. The van der Waals surface area contributed by atoms with E-state index in [9.17, 15) is 4.79 Å². The van der Waals surface area contributed by atoms with Crippen molar-refractivity contribution in [3.8, 4) is 11.5 Å². The average Bonchev–Trinajstić information content (AvgIpc) is 2.65. The predicted molar refractivity (Wildman–Crippen MR) is 110 cm³/mol. The van der Waals surface area contributed by atoms with Gasteiger partial charge in [-0.2, -0.15) is 0 Å². The molecule has 0 radical (unpaired) electrons. The van der Waals surface area contributed by atoms with Crippen molar-refractivity contribution in [2.75, 3.05) is 34.4 Å². The molecule has 0 heterocycles. The van der Waals surface area contributed by atoms with Crippen molar-refractivity contribution < 1.29 is 14.3 Å². The first-order chi connectivity index (χ1) is 13.0. The molecule has 1 fully saturated rings. The highest BCUT2D eigenvalue weighted by Crippen LogP contribution is 2.29. The van der Waals surface area contributed by atoms with Gasteiger partial charge in [0.15, 0.2) is 11.5 Å². The number of ether oxygens (including phenoxy) is 2. The van der Waals surface area contributed by atoms with Crippen molar-refractivity contribution in [2.24, 2.45) is 5.92 Å². The normalized spacial score (nSPS) is 19.7. The first-order valence-electron chi connectivity index (χ1n) is 10.2. The average molecular weight is 377 g/mol. The molecule has 1 amide bonds. The molecule has 1 aromatic rings. The second-order valence-electron chi connectivity index (χ2n) is 8.01. The van der Waals surface area contributed by atoms with Crippen LogP contribution in [0.25, 0.3) is 0 Å². The second kappa shape index (κ2) is 11.2.